The molecule has 1 saturated heterocycles. The summed E-state index contributed by atoms with van der Waals surface area (Å²) in [6.45, 7) is 2.50. The van der Waals surface area contributed by atoms with Crippen molar-refractivity contribution >= 4 is 11.5 Å². The third-order valence-electron chi connectivity index (χ3n) is 3.54. The van der Waals surface area contributed by atoms with Gasteiger partial charge >= 0.3 is 0 Å². The Morgan fingerprint density at radius 2 is 1.91 bits per heavy atom. The van der Waals surface area contributed by atoms with Crippen LogP contribution in [0, 0.1) is 0 Å². The monoisotopic (exact) mass is 296 g/mol. The molecule has 0 aromatic carbocycles. The second-order valence-electron chi connectivity index (χ2n) is 5.21. The van der Waals surface area contributed by atoms with Crippen molar-refractivity contribution in [3.8, 4) is 11.4 Å². The number of pyridine rings is 1. The number of nitrogen functional groups attached to an aromatic ring is 1. The van der Waals surface area contributed by atoms with Crippen LogP contribution in [0.5, 0.6) is 0 Å². The van der Waals surface area contributed by atoms with Gasteiger partial charge in [0.1, 0.15) is 17.2 Å². The van der Waals surface area contributed by atoms with Crippen LogP contribution in [-0.4, -0.2) is 32.4 Å². The summed E-state index contributed by atoms with van der Waals surface area (Å²) in [5.74, 6) is 0.406. The van der Waals surface area contributed by atoms with Gasteiger partial charge in [0, 0.05) is 6.20 Å². The van der Waals surface area contributed by atoms with Gasteiger partial charge in [-0.2, -0.15) is 0 Å². The van der Waals surface area contributed by atoms with Crippen LogP contribution in [-0.2, 0) is 0 Å². The van der Waals surface area contributed by atoms with Crippen LogP contribution < -0.4 is 11.1 Å². The summed E-state index contributed by atoms with van der Waals surface area (Å²) in [6.07, 6.45) is 11.1. The highest BCUT2D eigenvalue weighted by Gasteiger charge is 2.06. The lowest BCUT2D eigenvalue weighted by Crippen LogP contribution is -2.21. The third-order valence-corrected chi connectivity index (χ3v) is 3.54. The molecule has 3 aromatic rings. The molecule has 0 saturated carbocycles. The number of aromatic nitrogens is 4. The fraction of sp³-hybridized carbons (Fsp3) is 0.312. The highest BCUT2D eigenvalue weighted by molar-refractivity contribution is 5.60. The molecular formula is C16H20N6. The van der Waals surface area contributed by atoms with Gasteiger partial charge in [0.25, 0.3) is 0 Å². The quantitative estimate of drug-likeness (QED) is 0.719. The zero-order valence-corrected chi connectivity index (χ0v) is 12.4. The largest absolute Gasteiger partial charge is 0.382 e. The summed E-state index contributed by atoms with van der Waals surface area (Å²) in [6, 6.07) is 5.82. The molecule has 3 aromatic heterocycles. The van der Waals surface area contributed by atoms with E-state index in [1.54, 1.807) is 12.4 Å². The summed E-state index contributed by atoms with van der Waals surface area (Å²) in [4.78, 5) is 12.5. The number of anilines is 1. The lowest BCUT2D eigenvalue weighted by atomic mass is 10.2. The first-order valence-electron chi connectivity index (χ1n) is 7.55. The molecule has 0 bridgehead atoms. The molecule has 4 rings (SSSR count). The SMILES string of the molecule is C1CCNCC1.Nc1cncc(-c2cnc3ccccn23)n1. The molecule has 0 aliphatic carbocycles. The summed E-state index contributed by atoms with van der Waals surface area (Å²) in [5, 5.41) is 3.28. The van der Waals surface area contributed by atoms with Crippen molar-refractivity contribution < 1.29 is 0 Å². The van der Waals surface area contributed by atoms with Crippen molar-refractivity contribution in [1.82, 2.24) is 24.7 Å². The molecule has 3 N–H and O–H groups in total. The minimum atomic E-state index is 0.406. The van der Waals surface area contributed by atoms with E-state index in [1.165, 1.54) is 38.5 Å². The maximum Gasteiger partial charge on any atom is 0.142 e. The van der Waals surface area contributed by atoms with E-state index in [0.717, 1.165) is 17.0 Å². The van der Waals surface area contributed by atoms with Crippen LogP contribution in [0.3, 0.4) is 0 Å². The lowest BCUT2D eigenvalue weighted by molar-refractivity contribution is 0.520. The van der Waals surface area contributed by atoms with Gasteiger partial charge in [0.05, 0.1) is 24.3 Å². The fourth-order valence-corrected chi connectivity index (χ4v) is 2.43. The number of hydrogen-bond acceptors (Lipinski definition) is 5. The molecule has 1 fully saturated rings. The van der Waals surface area contributed by atoms with Crippen molar-refractivity contribution in [2.24, 2.45) is 0 Å². The molecule has 4 heterocycles. The minimum absolute atomic E-state index is 0.406. The average molecular weight is 296 g/mol. The maximum atomic E-state index is 5.61. The number of nitrogens with zero attached hydrogens (tertiary/aromatic N) is 4. The Morgan fingerprint density at radius 3 is 2.59 bits per heavy atom. The number of fused-ring (bicyclic) bond motifs is 1. The Labute approximate surface area is 129 Å². The van der Waals surface area contributed by atoms with Gasteiger partial charge in [0.15, 0.2) is 0 Å². The van der Waals surface area contributed by atoms with E-state index in [4.69, 9.17) is 5.73 Å². The molecule has 1 aliphatic rings. The molecule has 0 radical (unpaired) electrons. The Bertz CT molecular complexity index is 721. The van der Waals surface area contributed by atoms with E-state index in [2.05, 4.69) is 20.3 Å². The molecule has 1 aliphatic heterocycles. The summed E-state index contributed by atoms with van der Waals surface area (Å²) >= 11 is 0. The minimum Gasteiger partial charge on any atom is -0.382 e. The van der Waals surface area contributed by atoms with Crippen molar-refractivity contribution in [3.05, 3.63) is 43.0 Å². The van der Waals surface area contributed by atoms with Crippen molar-refractivity contribution in [2.75, 3.05) is 18.8 Å². The van der Waals surface area contributed by atoms with Crippen LogP contribution in [0.15, 0.2) is 43.0 Å². The predicted octanol–water partition coefficient (Wildman–Crippen LogP) is 2.13. The Morgan fingerprint density at radius 1 is 1.05 bits per heavy atom. The summed E-state index contributed by atoms with van der Waals surface area (Å²) < 4.78 is 1.95. The van der Waals surface area contributed by atoms with Crippen molar-refractivity contribution in [3.63, 3.8) is 0 Å². The molecule has 22 heavy (non-hydrogen) atoms. The molecule has 6 heteroatoms. The topological polar surface area (TPSA) is 81.1 Å². The second-order valence-corrected chi connectivity index (χ2v) is 5.21. The Balaban J connectivity index is 0.000000202. The number of piperidine rings is 1. The Kier molecular flexibility index (Phi) is 4.60. The normalized spacial score (nSPS) is 14.4. The molecule has 0 spiro atoms. The van der Waals surface area contributed by atoms with E-state index in [9.17, 15) is 0 Å². The molecule has 0 unspecified atom stereocenters. The number of nitrogens with one attached hydrogen (secondary N) is 1. The number of imidazole rings is 1. The van der Waals surface area contributed by atoms with Crippen LogP contribution in [0.1, 0.15) is 19.3 Å². The molecule has 6 nitrogen and oxygen atoms in total. The number of hydrogen-bond donors (Lipinski definition) is 2. The van der Waals surface area contributed by atoms with Gasteiger partial charge in [-0.25, -0.2) is 9.97 Å². The Hall–Kier alpha value is -2.47. The van der Waals surface area contributed by atoms with E-state index >= 15 is 0 Å². The van der Waals surface area contributed by atoms with Gasteiger partial charge in [-0.05, 0) is 38.1 Å². The standard InChI is InChI=1S/C11H9N5.C5H11N/c12-10-7-13-5-8(15-10)9-6-14-11-3-1-2-4-16(9)11;1-2-4-6-5-3-1/h1-7H,(H2,12,15);6H,1-5H2. The fourth-order valence-electron chi connectivity index (χ4n) is 2.43. The van der Waals surface area contributed by atoms with Crippen LogP contribution in [0.2, 0.25) is 0 Å². The van der Waals surface area contributed by atoms with Crippen molar-refractivity contribution in [2.45, 2.75) is 19.3 Å². The van der Waals surface area contributed by atoms with Crippen LogP contribution in [0.4, 0.5) is 5.82 Å². The first kappa shape index (κ1) is 14.5. The molecule has 0 amide bonds. The predicted molar refractivity (Wildman–Crippen MR) is 87.4 cm³/mol. The van der Waals surface area contributed by atoms with Crippen LogP contribution >= 0.6 is 0 Å². The third kappa shape index (κ3) is 3.40. The summed E-state index contributed by atoms with van der Waals surface area (Å²) in [5.41, 5.74) is 8.09. The average Bonchev–Trinajstić information content (AvgIpc) is 3.01. The number of nitrogens with two attached hydrogens (primary N) is 1. The second kappa shape index (κ2) is 7.00. The van der Waals surface area contributed by atoms with Gasteiger partial charge in [-0.15, -0.1) is 0 Å². The van der Waals surface area contributed by atoms with E-state index in [-0.39, 0.29) is 0 Å². The highest BCUT2D eigenvalue weighted by Crippen LogP contribution is 2.18. The van der Waals surface area contributed by atoms with Gasteiger partial charge in [-0.3, -0.25) is 9.38 Å². The smallest absolute Gasteiger partial charge is 0.142 e. The zero-order chi connectivity index (χ0) is 15.2. The van der Waals surface area contributed by atoms with Gasteiger partial charge in [-0.1, -0.05) is 12.5 Å². The summed E-state index contributed by atoms with van der Waals surface area (Å²) in [7, 11) is 0. The maximum absolute atomic E-state index is 5.61. The number of rotatable bonds is 1. The molecule has 114 valence electrons. The van der Waals surface area contributed by atoms with Gasteiger partial charge < -0.3 is 11.1 Å². The van der Waals surface area contributed by atoms with E-state index in [0.29, 0.717) is 5.82 Å². The first-order valence-corrected chi connectivity index (χ1v) is 7.55. The van der Waals surface area contributed by atoms with E-state index < -0.39 is 0 Å². The first-order chi connectivity index (χ1) is 10.8. The molecular weight excluding hydrogens is 276 g/mol. The van der Waals surface area contributed by atoms with Gasteiger partial charge in [0.2, 0.25) is 0 Å². The van der Waals surface area contributed by atoms with Crippen LogP contribution in [0.25, 0.3) is 17.0 Å². The zero-order valence-electron chi connectivity index (χ0n) is 12.4. The molecule has 0 atom stereocenters. The lowest BCUT2D eigenvalue weighted by Gasteiger charge is -2.08. The van der Waals surface area contributed by atoms with Crippen molar-refractivity contribution in [1.29, 1.82) is 0 Å². The highest BCUT2D eigenvalue weighted by atomic mass is 15.0. The van der Waals surface area contributed by atoms with E-state index in [1.807, 2.05) is 28.8 Å².